The van der Waals surface area contributed by atoms with Gasteiger partial charge in [0.25, 0.3) is 0 Å². The fourth-order valence-corrected chi connectivity index (χ4v) is 5.28. The van der Waals surface area contributed by atoms with Crippen LogP contribution in [0.15, 0.2) is 12.1 Å². The van der Waals surface area contributed by atoms with Gasteiger partial charge in [0, 0.05) is 0 Å². The predicted octanol–water partition coefficient (Wildman–Crippen LogP) is 7.68. The van der Waals surface area contributed by atoms with Gasteiger partial charge in [-0.05, 0) is 74.3 Å². The highest BCUT2D eigenvalue weighted by atomic mass is 19.2. The first kappa shape index (κ1) is 21.5. The minimum atomic E-state index is -1.45. The second-order valence-electron chi connectivity index (χ2n) is 9.04. The van der Waals surface area contributed by atoms with Crippen molar-refractivity contribution in [3.05, 3.63) is 29.6 Å². The molecule has 1 aromatic carbocycles. The third kappa shape index (κ3) is 5.67. The van der Waals surface area contributed by atoms with E-state index in [2.05, 4.69) is 6.92 Å². The summed E-state index contributed by atoms with van der Waals surface area (Å²) in [5, 5.41) is 0. The molecular formula is C24H35F3O. The van der Waals surface area contributed by atoms with E-state index < -0.39 is 17.5 Å². The third-order valence-corrected chi connectivity index (χ3v) is 7.14. The zero-order valence-electron chi connectivity index (χ0n) is 17.2. The van der Waals surface area contributed by atoms with Gasteiger partial charge in [-0.3, -0.25) is 0 Å². The number of ether oxygens (including phenoxy) is 1. The Labute approximate surface area is 168 Å². The first-order valence-corrected chi connectivity index (χ1v) is 11.3. The molecule has 2 aliphatic rings. The molecule has 1 aromatic rings. The monoisotopic (exact) mass is 396 g/mol. The quantitative estimate of drug-likeness (QED) is 0.323. The molecule has 0 atom stereocenters. The Morgan fingerprint density at radius 1 is 0.786 bits per heavy atom. The second kappa shape index (κ2) is 10.5. The largest absolute Gasteiger partial charge is 0.490 e. The second-order valence-corrected chi connectivity index (χ2v) is 9.04. The zero-order chi connectivity index (χ0) is 19.9. The summed E-state index contributed by atoms with van der Waals surface area (Å²) in [7, 11) is 0. The topological polar surface area (TPSA) is 9.23 Å². The molecular weight excluding hydrogens is 361 g/mol. The third-order valence-electron chi connectivity index (χ3n) is 7.14. The first-order valence-electron chi connectivity index (χ1n) is 11.3. The van der Waals surface area contributed by atoms with E-state index in [9.17, 15) is 13.2 Å². The van der Waals surface area contributed by atoms with Crippen LogP contribution in [0.3, 0.4) is 0 Å². The maximum absolute atomic E-state index is 13.7. The molecule has 2 fully saturated rings. The van der Waals surface area contributed by atoms with Gasteiger partial charge >= 0.3 is 0 Å². The number of unbranched alkanes of at least 4 members (excludes halogenated alkanes) is 2. The Morgan fingerprint density at radius 3 is 2.00 bits per heavy atom. The molecule has 0 bridgehead atoms. The molecule has 0 spiro atoms. The summed E-state index contributed by atoms with van der Waals surface area (Å²) in [6, 6.07) is 2.10. The number of halogens is 3. The van der Waals surface area contributed by atoms with Gasteiger partial charge in [0.05, 0.1) is 6.61 Å². The van der Waals surface area contributed by atoms with Crippen LogP contribution in [0.4, 0.5) is 13.2 Å². The van der Waals surface area contributed by atoms with Crippen LogP contribution >= 0.6 is 0 Å². The van der Waals surface area contributed by atoms with Crippen LogP contribution in [-0.4, -0.2) is 6.61 Å². The SMILES string of the molecule is CCCCC[C@H]1CC[C@H]([C@H]2CC[C@H](COc3ccc(F)c(F)c3F)CC2)CC1. The number of benzene rings is 1. The van der Waals surface area contributed by atoms with Crippen molar-refractivity contribution in [2.24, 2.45) is 23.7 Å². The molecule has 0 aromatic heterocycles. The van der Waals surface area contributed by atoms with Crippen molar-refractivity contribution < 1.29 is 17.9 Å². The van der Waals surface area contributed by atoms with Crippen molar-refractivity contribution in [2.75, 3.05) is 6.61 Å². The minimum absolute atomic E-state index is 0.178. The average molecular weight is 397 g/mol. The highest BCUT2D eigenvalue weighted by Gasteiger charge is 2.31. The summed E-state index contributed by atoms with van der Waals surface area (Å²) in [6.07, 6.45) is 15.7. The summed E-state index contributed by atoms with van der Waals surface area (Å²) in [5.74, 6) is -0.975. The Balaban J connectivity index is 1.37. The van der Waals surface area contributed by atoms with Crippen molar-refractivity contribution in [3.63, 3.8) is 0 Å². The molecule has 0 amide bonds. The van der Waals surface area contributed by atoms with Crippen LogP contribution in [0.25, 0.3) is 0 Å². The Kier molecular flexibility index (Phi) is 8.11. The zero-order valence-corrected chi connectivity index (χ0v) is 17.2. The van der Waals surface area contributed by atoms with E-state index in [4.69, 9.17) is 4.74 Å². The van der Waals surface area contributed by atoms with Crippen LogP contribution in [0.5, 0.6) is 5.75 Å². The molecule has 0 aliphatic heterocycles. The van der Waals surface area contributed by atoms with Gasteiger partial charge in [-0.15, -0.1) is 0 Å². The van der Waals surface area contributed by atoms with Crippen molar-refractivity contribution in [1.29, 1.82) is 0 Å². The van der Waals surface area contributed by atoms with Gasteiger partial charge in [-0.1, -0.05) is 45.4 Å². The maximum atomic E-state index is 13.7. The summed E-state index contributed by atoms with van der Waals surface area (Å²) < 4.78 is 45.5. The highest BCUT2D eigenvalue weighted by Crippen LogP contribution is 2.42. The fourth-order valence-electron chi connectivity index (χ4n) is 5.28. The summed E-state index contributed by atoms with van der Waals surface area (Å²) in [5.41, 5.74) is 0. The summed E-state index contributed by atoms with van der Waals surface area (Å²) >= 11 is 0. The number of hydrogen-bond acceptors (Lipinski definition) is 1. The van der Waals surface area contributed by atoms with Crippen LogP contribution in [0, 0.1) is 41.1 Å². The molecule has 1 nitrogen and oxygen atoms in total. The molecule has 4 heteroatoms. The molecule has 158 valence electrons. The fraction of sp³-hybridized carbons (Fsp3) is 0.750. The first-order chi connectivity index (χ1) is 13.6. The summed E-state index contributed by atoms with van der Waals surface area (Å²) in [4.78, 5) is 0. The lowest BCUT2D eigenvalue weighted by Crippen LogP contribution is -2.27. The standard InChI is InChI=1S/C24H35F3O/c1-2-3-4-5-17-6-10-19(11-7-17)20-12-8-18(9-13-20)16-28-22-15-14-21(25)23(26)24(22)27/h14-15,17-20H,2-13,16H2,1H3/t17-,18-,19-,20-. The number of hydrogen-bond donors (Lipinski definition) is 0. The Morgan fingerprint density at radius 2 is 1.39 bits per heavy atom. The summed E-state index contributed by atoms with van der Waals surface area (Å²) in [6.45, 7) is 2.66. The van der Waals surface area contributed by atoms with E-state index in [-0.39, 0.29) is 5.75 Å². The lowest BCUT2D eigenvalue weighted by atomic mass is 9.69. The van der Waals surface area contributed by atoms with Crippen molar-refractivity contribution in [3.8, 4) is 5.75 Å². The van der Waals surface area contributed by atoms with Crippen molar-refractivity contribution in [2.45, 2.75) is 84.0 Å². The molecule has 2 aliphatic carbocycles. The van der Waals surface area contributed by atoms with E-state index in [0.717, 1.165) is 36.7 Å². The lowest BCUT2D eigenvalue weighted by molar-refractivity contribution is 0.120. The maximum Gasteiger partial charge on any atom is 0.203 e. The van der Waals surface area contributed by atoms with Gasteiger partial charge in [0.15, 0.2) is 17.4 Å². The Hall–Kier alpha value is -1.19. The van der Waals surface area contributed by atoms with Crippen LogP contribution in [0.2, 0.25) is 0 Å². The van der Waals surface area contributed by atoms with E-state index >= 15 is 0 Å². The van der Waals surface area contributed by atoms with Crippen molar-refractivity contribution >= 4 is 0 Å². The lowest BCUT2D eigenvalue weighted by Gasteiger charge is -2.38. The smallest absolute Gasteiger partial charge is 0.203 e. The van der Waals surface area contributed by atoms with Crippen LogP contribution in [-0.2, 0) is 0 Å². The molecule has 3 rings (SSSR count). The average Bonchev–Trinajstić information content (AvgIpc) is 2.73. The van der Waals surface area contributed by atoms with E-state index in [1.54, 1.807) is 0 Å². The molecule has 2 saturated carbocycles. The van der Waals surface area contributed by atoms with Gasteiger partial charge in [0.1, 0.15) is 0 Å². The normalized spacial score (nSPS) is 28.3. The minimum Gasteiger partial charge on any atom is -0.490 e. The van der Waals surface area contributed by atoms with Crippen LogP contribution < -0.4 is 4.74 Å². The van der Waals surface area contributed by atoms with Gasteiger partial charge < -0.3 is 4.74 Å². The van der Waals surface area contributed by atoms with E-state index in [0.29, 0.717) is 12.5 Å². The number of rotatable bonds is 8. The molecule has 0 unspecified atom stereocenters. The molecule has 0 saturated heterocycles. The van der Waals surface area contributed by atoms with Crippen LogP contribution in [0.1, 0.15) is 84.0 Å². The molecule has 28 heavy (non-hydrogen) atoms. The van der Waals surface area contributed by atoms with Crippen molar-refractivity contribution in [1.82, 2.24) is 0 Å². The van der Waals surface area contributed by atoms with Gasteiger partial charge in [0.2, 0.25) is 5.82 Å². The predicted molar refractivity (Wildman–Crippen MR) is 107 cm³/mol. The van der Waals surface area contributed by atoms with Gasteiger partial charge in [-0.25, -0.2) is 8.78 Å². The van der Waals surface area contributed by atoms with E-state index in [1.165, 1.54) is 70.3 Å². The molecule has 0 N–H and O–H groups in total. The van der Waals surface area contributed by atoms with Gasteiger partial charge in [-0.2, -0.15) is 4.39 Å². The Bertz CT molecular complexity index is 602. The highest BCUT2D eigenvalue weighted by molar-refractivity contribution is 5.26. The molecule has 0 heterocycles. The van der Waals surface area contributed by atoms with E-state index in [1.807, 2.05) is 0 Å². The molecule has 0 radical (unpaired) electrons.